The summed E-state index contributed by atoms with van der Waals surface area (Å²) < 4.78 is 10.1. The Hall–Kier alpha value is -1.34. The lowest BCUT2D eigenvalue weighted by Gasteiger charge is -2.64. The monoisotopic (exact) mass is 507 g/mol. The third-order valence-corrected chi connectivity index (χ3v) is 11.2. The van der Waals surface area contributed by atoms with Crippen LogP contribution >= 0.6 is 0 Å². The van der Waals surface area contributed by atoms with E-state index in [2.05, 4.69) is 26.1 Å². The number of fused-ring (bicyclic) bond motifs is 5. The van der Waals surface area contributed by atoms with Gasteiger partial charge in [-0.3, -0.25) is 4.79 Å². The van der Waals surface area contributed by atoms with Gasteiger partial charge in [-0.05, 0) is 111 Å². The van der Waals surface area contributed by atoms with Gasteiger partial charge in [0, 0.05) is 0 Å². The number of carbonyl (C=O) groups excluding carboxylic acids is 2. The van der Waals surface area contributed by atoms with Crippen LogP contribution in [0.2, 0.25) is 0 Å². The molecule has 0 radical (unpaired) electrons. The first-order chi connectivity index (χ1) is 17.2. The molecule has 206 valence electrons. The molecule has 4 aliphatic carbocycles. The van der Waals surface area contributed by atoms with Crippen LogP contribution in [0.4, 0.5) is 4.79 Å². The first-order valence-corrected chi connectivity index (χ1v) is 14.6. The Morgan fingerprint density at radius 2 is 1.67 bits per heavy atom. The lowest BCUT2D eigenvalue weighted by Crippen LogP contribution is -2.62. The molecule has 0 spiro atoms. The maximum atomic E-state index is 11.9. The molecular weight excluding hydrogens is 458 g/mol. The van der Waals surface area contributed by atoms with Gasteiger partial charge in [0.15, 0.2) is 0 Å². The SMILES string of the molecule is CCOC(=O)CNC(=O)OCCC[C@H]1CC[C@H]2[C@@H]3[C@H](O)[C@H](CC)[C@@H]4C[C@H](O)CC[C@]4(C)[C@H]3CC[C@]12C. The lowest BCUT2D eigenvalue weighted by molar-refractivity contribution is -0.202. The minimum Gasteiger partial charge on any atom is -0.465 e. The van der Waals surface area contributed by atoms with E-state index in [0.29, 0.717) is 36.2 Å². The third kappa shape index (κ3) is 5.03. The Labute approximate surface area is 217 Å². The minimum atomic E-state index is -0.574. The topological polar surface area (TPSA) is 105 Å². The zero-order valence-electron chi connectivity index (χ0n) is 22.8. The van der Waals surface area contributed by atoms with Gasteiger partial charge in [0.05, 0.1) is 25.4 Å². The first-order valence-electron chi connectivity index (χ1n) is 14.6. The summed E-state index contributed by atoms with van der Waals surface area (Å²) in [5.74, 6) is 2.29. The molecule has 4 saturated carbocycles. The largest absolute Gasteiger partial charge is 0.465 e. The number of hydrogen-bond donors (Lipinski definition) is 3. The molecule has 7 nitrogen and oxygen atoms in total. The van der Waals surface area contributed by atoms with E-state index in [4.69, 9.17) is 9.47 Å². The van der Waals surface area contributed by atoms with Crippen molar-refractivity contribution in [2.24, 2.45) is 46.3 Å². The van der Waals surface area contributed by atoms with Crippen molar-refractivity contribution in [3.63, 3.8) is 0 Å². The summed E-state index contributed by atoms with van der Waals surface area (Å²) in [5.41, 5.74) is 0.456. The molecule has 7 heteroatoms. The Bertz CT molecular complexity index is 790. The highest BCUT2D eigenvalue weighted by Crippen LogP contribution is 2.69. The van der Waals surface area contributed by atoms with Gasteiger partial charge in [0.2, 0.25) is 0 Å². The Morgan fingerprint density at radius 3 is 2.39 bits per heavy atom. The van der Waals surface area contributed by atoms with Crippen LogP contribution in [0, 0.1) is 46.3 Å². The van der Waals surface area contributed by atoms with Gasteiger partial charge in [0.25, 0.3) is 0 Å². The van der Waals surface area contributed by atoms with Crippen LogP contribution in [0.5, 0.6) is 0 Å². The number of carbonyl (C=O) groups is 2. The summed E-state index contributed by atoms with van der Waals surface area (Å²) in [6.07, 6.45) is 9.37. The van der Waals surface area contributed by atoms with Gasteiger partial charge < -0.3 is 25.0 Å². The lowest BCUT2D eigenvalue weighted by atomic mass is 9.41. The van der Waals surface area contributed by atoms with E-state index in [9.17, 15) is 19.8 Å². The number of aliphatic hydroxyl groups excluding tert-OH is 2. The summed E-state index contributed by atoms with van der Waals surface area (Å²) >= 11 is 0. The number of ether oxygens (including phenoxy) is 2. The molecule has 36 heavy (non-hydrogen) atoms. The molecule has 0 unspecified atom stereocenters. The fourth-order valence-electron chi connectivity index (χ4n) is 9.44. The highest BCUT2D eigenvalue weighted by Gasteiger charge is 2.64. The van der Waals surface area contributed by atoms with Crippen LogP contribution in [0.1, 0.15) is 91.9 Å². The predicted molar refractivity (Wildman–Crippen MR) is 137 cm³/mol. The smallest absolute Gasteiger partial charge is 0.407 e. The quantitative estimate of drug-likeness (QED) is 0.325. The average Bonchev–Trinajstić information content (AvgIpc) is 3.18. The van der Waals surface area contributed by atoms with Crippen molar-refractivity contribution >= 4 is 12.1 Å². The van der Waals surface area contributed by atoms with Crippen LogP contribution in [0.3, 0.4) is 0 Å². The standard InChI is InChI=1S/C29H49NO6/c1-5-20-23-16-19(31)11-13-29(23,4)22-12-14-28(3)18(9-10-21(28)25(22)26(20)33)8-7-15-36-27(34)30-17-24(32)35-6-2/h18-23,25-26,31,33H,5-17H2,1-4H3,(H,30,34)/t18-,19+,20+,21-,22-,23-,25-,26+,28+,29+/m0/s1. The van der Waals surface area contributed by atoms with E-state index in [-0.39, 0.29) is 42.1 Å². The molecule has 4 aliphatic rings. The molecule has 0 aromatic rings. The number of hydrogen-bond acceptors (Lipinski definition) is 6. The molecule has 3 N–H and O–H groups in total. The highest BCUT2D eigenvalue weighted by atomic mass is 16.6. The zero-order chi connectivity index (χ0) is 26.1. The summed E-state index contributed by atoms with van der Waals surface area (Å²) in [4.78, 5) is 23.2. The maximum Gasteiger partial charge on any atom is 0.407 e. The van der Waals surface area contributed by atoms with Crippen molar-refractivity contribution in [2.75, 3.05) is 19.8 Å². The van der Waals surface area contributed by atoms with Crippen molar-refractivity contribution < 1.29 is 29.3 Å². The number of amides is 1. The normalized spacial score (nSPS) is 43.6. The van der Waals surface area contributed by atoms with Gasteiger partial charge in [0.1, 0.15) is 6.54 Å². The van der Waals surface area contributed by atoms with Crippen LogP contribution in [0.15, 0.2) is 0 Å². The van der Waals surface area contributed by atoms with Gasteiger partial charge in [-0.15, -0.1) is 0 Å². The molecule has 4 rings (SSSR count). The Morgan fingerprint density at radius 1 is 0.944 bits per heavy atom. The van der Waals surface area contributed by atoms with E-state index in [1.165, 1.54) is 25.7 Å². The molecule has 4 fully saturated rings. The summed E-state index contributed by atoms with van der Waals surface area (Å²) in [5, 5.41) is 24.7. The number of aliphatic hydroxyl groups is 2. The van der Waals surface area contributed by atoms with E-state index in [1.54, 1.807) is 6.92 Å². The zero-order valence-corrected chi connectivity index (χ0v) is 22.8. The fraction of sp³-hybridized carbons (Fsp3) is 0.931. The number of nitrogens with one attached hydrogen (secondary N) is 1. The van der Waals surface area contributed by atoms with Gasteiger partial charge in [-0.1, -0.05) is 27.2 Å². The van der Waals surface area contributed by atoms with Crippen molar-refractivity contribution in [3.05, 3.63) is 0 Å². The van der Waals surface area contributed by atoms with Crippen molar-refractivity contribution in [1.82, 2.24) is 5.32 Å². The third-order valence-electron chi connectivity index (χ3n) is 11.2. The van der Waals surface area contributed by atoms with Crippen LogP contribution < -0.4 is 5.32 Å². The maximum absolute atomic E-state index is 11.9. The van der Waals surface area contributed by atoms with Crippen molar-refractivity contribution in [2.45, 2.75) is 104 Å². The molecule has 10 atom stereocenters. The molecule has 0 aromatic heterocycles. The summed E-state index contributed by atoms with van der Waals surface area (Å²) in [6.45, 7) is 9.36. The predicted octanol–water partition coefficient (Wildman–Crippen LogP) is 4.68. The molecule has 0 aliphatic heterocycles. The van der Waals surface area contributed by atoms with Crippen LogP contribution in [0.25, 0.3) is 0 Å². The summed E-state index contributed by atoms with van der Waals surface area (Å²) in [7, 11) is 0. The molecule has 1 amide bonds. The Balaban J connectivity index is 1.35. The molecule has 0 saturated heterocycles. The van der Waals surface area contributed by atoms with E-state index >= 15 is 0 Å². The second kappa shape index (κ2) is 11.2. The molecular formula is C29H49NO6. The van der Waals surface area contributed by atoms with Crippen molar-refractivity contribution in [1.29, 1.82) is 0 Å². The fourth-order valence-corrected chi connectivity index (χ4v) is 9.44. The number of esters is 1. The minimum absolute atomic E-state index is 0.169. The van der Waals surface area contributed by atoms with E-state index < -0.39 is 12.1 Å². The molecule has 0 bridgehead atoms. The van der Waals surface area contributed by atoms with Gasteiger partial charge in [-0.2, -0.15) is 0 Å². The van der Waals surface area contributed by atoms with E-state index in [0.717, 1.165) is 38.5 Å². The van der Waals surface area contributed by atoms with Crippen molar-refractivity contribution in [3.8, 4) is 0 Å². The number of rotatable bonds is 8. The molecule has 0 heterocycles. The van der Waals surface area contributed by atoms with Crippen LogP contribution in [-0.4, -0.2) is 54.2 Å². The van der Waals surface area contributed by atoms with E-state index in [1.807, 2.05) is 0 Å². The second-order valence-electron chi connectivity index (χ2n) is 12.6. The van der Waals surface area contributed by atoms with Gasteiger partial charge >= 0.3 is 12.1 Å². The second-order valence-corrected chi connectivity index (χ2v) is 12.6. The highest BCUT2D eigenvalue weighted by molar-refractivity contribution is 5.77. The first kappa shape index (κ1) is 27.7. The summed E-state index contributed by atoms with van der Waals surface area (Å²) in [6, 6.07) is 0. The average molecular weight is 508 g/mol. The van der Waals surface area contributed by atoms with Gasteiger partial charge in [-0.25, -0.2) is 4.79 Å². The Kier molecular flexibility index (Phi) is 8.60. The number of alkyl carbamates (subject to hydrolysis) is 1. The molecule has 0 aromatic carbocycles. The van der Waals surface area contributed by atoms with Crippen LogP contribution in [-0.2, 0) is 14.3 Å².